The van der Waals surface area contributed by atoms with E-state index in [4.69, 9.17) is 5.73 Å². The lowest BCUT2D eigenvalue weighted by Gasteiger charge is -2.32. The predicted molar refractivity (Wildman–Crippen MR) is 102 cm³/mol. The van der Waals surface area contributed by atoms with Crippen molar-refractivity contribution in [3.05, 3.63) is 35.3 Å². The standard InChI is InChI=1S/C17H24F3N9/c1-6-16(21)12(17(18,19)20)7-22-14(25-16)24-11-8-29(28-9(11)2)15(4,5)13-23-10(3)26-27-13/h7-8H,6,21H2,1-5H3,(H2,22,24,25)(H,23,26,27). The summed E-state index contributed by atoms with van der Waals surface area (Å²) in [5, 5.41) is 17.0. The molecule has 5 N–H and O–H groups in total. The van der Waals surface area contributed by atoms with E-state index in [0.717, 1.165) is 6.20 Å². The monoisotopic (exact) mass is 411 g/mol. The predicted octanol–water partition coefficient (Wildman–Crippen LogP) is 2.28. The molecule has 0 saturated carbocycles. The lowest BCUT2D eigenvalue weighted by atomic mass is 9.97. The van der Waals surface area contributed by atoms with Gasteiger partial charge in [0.05, 0.1) is 17.0 Å². The summed E-state index contributed by atoms with van der Waals surface area (Å²) >= 11 is 0. The fourth-order valence-electron chi connectivity index (χ4n) is 2.93. The van der Waals surface area contributed by atoms with Crippen LogP contribution in [0.1, 0.15) is 44.5 Å². The van der Waals surface area contributed by atoms with Gasteiger partial charge < -0.3 is 16.4 Å². The first-order valence-electron chi connectivity index (χ1n) is 9.03. The van der Waals surface area contributed by atoms with Gasteiger partial charge in [-0.1, -0.05) is 6.92 Å². The zero-order valence-electron chi connectivity index (χ0n) is 16.8. The molecule has 3 heterocycles. The van der Waals surface area contributed by atoms with E-state index in [2.05, 4.69) is 35.9 Å². The Bertz CT molecular complexity index is 967. The van der Waals surface area contributed by atoms with Crippen molar-refractivity contribution in [1.82, 2.24) is 30.3 Å². The first-order valence-corrected chi connectivity index (χ1v) is 9.03. The maximum absolute atomic E-state index is 13.2. The third-order valence-electron chi connectivity index (χ3n) is 4.84. The number of aromatic nitrogens is 5. The van der Waals surface area contributed by atoms with Gasteiger partial charge >= 0.3 is 6.18 Å². The van der Waals surface area contributed by atoms with E-state index in [1.807, 2.05) is 13.8 Å². The number of nitrogens with zero attached hydrogens (tertiary/aromatic N) is 5. The van der Waals surface area contributed by atoms with Gasteiger partial charge in [0.1, 0.15) is 17.0 Å². The molecule has 0 spiro atoms. The highest BCUT2D eigenvalue weighted by molar-refractivity contribution is 5.95. The summed E-state index contributed by atoms with van der Waals surface area (Å²) in [6, 6.07) is 0. The van der Waals surface area contributed by atoms with E-state index in [1.165, 1.54) is 0 Å². The largest absolute Gasteiger partial charge is 0.417 e. The van der Waals surface area contributed by atoms with Crippen LogP contribution in [-0.2, 0) is 5.54 Å². The van der Waals surface area contributed by atoms with Crippen LogP contribution in [0.3, 0.4) is 0 Å². The van der Waals surface area contributed by atoms with Gasteiger partial charge in [-0.2, -0.15) is 23.4 Å². The molecular weight excluding hydrogens is 387 g/mol. The van der Waals surface area contributed by atoms with Crippen molar-refractivity contribution in [3.8, 4) is 0 Å². The molecule has 0 bridgehead atoms. The van der Waals surface area contributed by atoms with Crippen LogP contribution in [-0.4, -0.2) is 42.8 Å². The molecule has 1 aliphatic rings. The fourth-order valence-corrected chi connectivity index (χ4v) is 2.93. The number of aliphatic imine (C=N–C) groups is 1. The van der Waals surface area contributed by atoms with Gasteiger partial charge in [-0.25, -0.2) is 9.98 Å². The Morgan fingerprint density at radius 1 is 1.28 bits per heavy atom. The summed E-state index contributed by atoms with van der Waals surface area (Å²) in [6.07, 6.45) is -2.02. The number of aromatic amines is 1. The first-order chi connectivity index (χ1) is 13.4. The highest BCUT2D eigenvalue weighted by Gasteiger charge is 2.47. The molecule has 3 rings (SSSR count). The van der Waals surface area contributed by atoms with Crippen LogP contribution in [0.2, 0.25) is 0 Å². The van der Waals surface area contributed by atoms with E-state index in [-0.39, 0.29) is 12.4 Å². The molecule has 2 aromatic rings. The second-order valence-corrected chi connectivity index (χ2v) is 7.44. The number of aryl methyl sites for hydroxylation is 2. The first kappa shape index (κ1) is 20.8. The normalized spacial score (nSPS) is 20.2. The minimum atomic E-state index is -4.58. The Hall–Kier alpha value is -2.89. The van der Waals surface area contributed by atoms with Crippen molar-refractivity contribution >= 4 is 11.6 Å². The number of halogens is 3. The summed E-state index contributed by atoms with van der Waals surface area (Å²) in [5.41, 5.74) is 3.67. The Morgan fingerprint density at radius 2 is 1.97 bits per heavy atom. The molecule has 12 heteroatoms. The van der Waals surface area contributed by atoms with E-state index in [1.54, 1.807) is 31.6 Å². The minimum Gasteiger partial charge on any atom is -0.332 e. The van der Waals surface area contributed by atoms with Crippen molar-refractivity contribution in [2.75, 3.05) is 5.32 Å². The van der Waals surface area contributed by atoms with Gasteiger partial charge in [0.15, 0.2) is 5.82 Å². The van der Waals surface area contributed by atoms with Crippen molar-refractivity contribution in [2.24, 2.45) is 10.7 Å². The quantitative estimate of drug-likeness (QED) is 0.612. The number of nitrogens with two attached hydrogens (primary N) is 1. The molecule has 1 aliphatic heterocycles. The topological polar surface area (TPSA) is 122 Å². The number of hydrogen-bond donors (Lipinski definition) is 4. The summed E-state index contributed by atoms with van der Waals surface area (Å²) in [4.78, 5) is 8.43. The highest BCUT2D eigenvalue weighted by Crippen LogP contribution is 2.36. The van der Waals surface area contributed by atoms with E-state index < -0.39 is 23.0 Å². The number of anilines is 1. The Morgan fingerprint density at radius 3 is 2.52 bits per heavy atom. The number of nitrogens with one attached hydrogen (secondary N) is 3. The minimum absolute atomic E-state index is 0.0132. The molecule has 1 atom stereocenters. The van der Waals surface area contributed by atoms with Crippen molar-refractivity contribution in [1.29, 1.82) is 0 Å². The molecule has 0 saturated heterocycles. The number of alkyl halides is 3. The van der Waals surface area contributed by atoms with Crippen LogP contribution in [0.25, 0.3) is 0 Å². The van der Waals surface area contributed by atoms with Gasteiger partial charge in [-0.15, -0.1) is 0 Å². The van der Waals surface area contributed by atoms with Gasteiger partial charge in [-0.05, 0) is 34.1 Å². The SMILES string of the molecule is CCC1(N)N=C(Nc2cn(C(C)(C)c3n[nH]c(C)n3)nc2C)NC=C1C(F)(F)F. The third-order valence-corrected chi connectivity index (χ3v) is 4.84. The molecule has 0 aromatic carbocycles. The van der Waals surface area contributed by atoms with Gasteiger partial charge in [-0.3, -0.25) is 9.78 Å². The number of guanidine groups is 1. The second-order valence-electron chi connectivity index (χ2n) is 7.44. The third kappa shape index (κ3) is 3.84. The van der Waals surface area contributed by atoms with Crippen molar-refractivity contribution < 1.29 is 13.2 Å². The molecular formula is C17H24F3N9. The molecule has 0 aliphatic carbocycles. The number of hydrogen-bond acceptors (Lipinski definition) is 7. The number of rotatable bonds is 4. The maximum atomic E-state index is 13.2. The number of H-pyrrole nitrogens is 1. The van der Waals surface area contributed by atoms with Gasteiger partial charge in [0.2, 0.25) is 5.96 Å². The van der Waals surface area contributed by atoms with E-state index in [9.17, 15) is 13.2 Å². The average molecular weight is 411 g/mol. The van der Waals surface area contributed by atoms with Crippen molar-refractivity contribution in [2.45, 2.75) is 58.4 Å². The van der Waals surface area contributed by atoms with E-state index >= 15 is 0 Å². The Kier molecular flexibility index (Phi) is 4.93. The van der Waals surface area contributed by atoms with E-state index in [0.29, 0.717) is 23.0 Å². The summed E-state index contributed by atoms with van der Waals surface area (Å²) < 4.78 is 41.4. The van der Waals surface area contributed by atoms with Crippen molar-refractivity contribution in [3.63, 3.8) is 0 Å². The summed E-state index contributed by atoms with van der Waals surface area (Å²) in [6.45, 7) is 8.94. The molecule has 1 unspecified atom stereocenters. The Labute approximate surface area is 165 Å². The lowest BCUT2D eigenvalue weighted by Crippen LogP contribution is -2.51. The van der Waals surface area contributed by atoms with Crippen LogP contribution < -0.4 is 16.4 Å². The molecule has 158 valence electrons. The molecule has 0 amide bonds. The smallest absolute Gasteiger partial charge is 0.332 e. The van der Waals surface area contributed by atoms with Crippen LogP contribution >= 0.6 is 0 Å². The van der Waals surface area contributed by atoms with Gasteiger partial charge in [0, 0.05) is 12.4 Å². The lowest BCUT2D eigenvalue weighted by molar-refractivity contribution is -0.101. The molecule has 0 fully saturated rings. The summed E-state index contributed by atoms with van der Waals surface area (Å²) in [5.74, 6) is 1.35. The average Bonchev–Trinajstić information content (AvgIpc) is 3.21. The molecule has 9 nitrogen and oxygen atoms in total. The zero-order chi connectivity index (χ0) is 21.6. The molecule has 2 aromatic heterocycles. The van der Waals surface area contributed by atoms with Crippen LogP contribution in [0, 0.1) is 13.8 Å². The Balaban J connectivity index is 1.87. The zero-order valence-corrected chi connectivity index (χ0v) is 16.8. The fraction of sp³-hybridized carbons (Fsp3) is 0.529. The van der Waals surface area contributed by atoms with Crippen LogP contribution in [0.15, 0.2) is 23.0 Å². The maximum Gasteiger partial charge on any atom is 0.417 e. The van der Waals surface area contributed by atoms with Crippen LogP contribution in [0.4, 0.5) is 18.9 Å². The summed E-state index contributed by atoms with van der Waals surface area (Å²) in [7, 11) is 0. The van der Waals surface area contributed by atoms with Gasteiger partial charge in [0.25, 0.3) is 0 Å². The van der Waals surface area contributed by atoms with Crippen LogP contribution in [0.5, 0.6) is 0 Å². The molecule has 29 heavy (non-hydrogen) atoms. The highest BCUT2D eigenvalue weighted by atomic mass is 19.4. The molecule has 0 radical (unpaired) electrons. The second kappa shape index (κ2) is 6.87.